The highest BCUT2D eigenvalue weighted by Crippen LogP contribution is 2.16. The maximum absolute atomic E-state index is 11.8. The van der Waals surface area contributed by atoms with Crippen molar-refractivity contribution in [3.8, 4) is 5.75 Å². The Bertz CT molecular complexity index is 386. The van der Waals surface area contributed by atoms with Gasteiger partial charge in [-0.25, -0.2) is 12.8 Å². The van der Waals surface area contributed by atoms with Crippen molar-refractivity contribution >= 4 is 9.84 Å². The SMILES string of the molecule is O=S(=O)(CCF)c1cccc(O)c1. The molecule has 3 nitrogen and oxygen atoms in total. The summed E-state index contributed by atoms with van der Waals surface area (Å²) in [6.45, 7) is -0.919. The van der Waals surface area contributed by atoms with Crippen LogP contribution in [0.2, 0.25) is 0 Å². The Morgan fingerprint density at radius 2 is 2.08 bits per heavy atom. The number of aromatic hydroxyl groups is 1. The van der Waals surface area contributed by atoms with E-state index in [0.29, 0.717) is 0 Å². The molecule has 0 aliphatic rings. The average molecular weight is 204 g/mol. The minimum Gasteiger partial charge on any atom is -0.508 e. The Labute approximate surface area is 75.7 Å². The Morgan fingerprint density at radius 1 is 1.38 bits per heavy atom. The zero-order valence-electron chi connectivity index (χ0n) is 6.77. The molecule has 0 fully saturated rings. The van der Waals surface area contributed by atoms with E-state index < -0.39 is 22.3 Å². The molecule has 0 atom stereocenters. The van der Waals surface area contributed by atoms with Crippen LogP contribution in [-0.2, 0) is 9.84 Å². The number of alkyl halides is 1. The lowest BCUT2D eigenvalue weighted by molar-refractivity contribution is 0.473. The standard InChI is InChI=1S/C8H9FO3S/c9-4-5-13(11,12)8-3-1-2-7(10)6-8/h1-3,6,10H,4-5H2. The lowest BCUT2D eigenvalue weighted by Gasteiger charge is -2.01. The summed E-state index contributed by atoms with van der Waals surface area (Å²) >= 11 is 0. The van der Waals surface area contributed by atoms with Crippen LogP contribution in [0.4, 0.5) is 4.39 Å². The first-order valence-corrected chi connectivity index (χ1v) is 5.29. The summed E-state index contributed by atoms with van der Waals surface area (Å²) < 4.78 is 34.3. The summed E-state index contributed by atoms with van der Waals surface area (Å²) in [6.07, 6.45) is 0. The van der Waals surface area contributed by atoms with Crippen LogP contribution in [0.1, 0.15) is 0 Å². The fourth-order valence-corrected chi connectivity index (χ4v) is 1.92. The zero-order chi connectivity index (χ0) is 9.90. The second kappa shape index (κ2) is 3.74. The second-order valence-corrected chi connectivity index (χ2v) is 4.61. The van der Waals surface area contributed by atoms with Gasteiger partial charge < -0.3 is 5.11 Å². The molecule has 1 N–H and O–H groups in total. The van der Waals surface area contributed by atoms with Crippen molar-refractivity contribution in [1.82, 2.24) is 0 Å². The first-order chi connectivity index (χ1) is 6.06. The highest BCUT2D eigenvalue weighted by molar-refractivity contribution is 7.91. The molecular weight excluding hydrogens is 195 g/mol. The number of sulfone groups is 1. The highest BCUT2D eigenvalue weighted by Gasteiger charge is 2.13. The minimum absolute atomic E-state index is 0.0508. The maximum atomic E-state index is 11.8. The van der Waals surface area contributed by atoms with E-state index in [-0.39, 0.29) is 10.6 Å². The van der Waals surface area contributed by atoms with Crippen LogP contribution in [0.15, 0.2) is 29.2 Å². The van der Waals surface area contributed by atoms with Gasteiger partial charge in [-0.15, -0.1) is 0 Å². The van der Waals surface area contributed by atoms with Gasteiger partial charge in [-0.05, 0) is 18.2 Å². The van der Waals surface area contributed by atoms with E-state index in [4.69, 9.17) is 5.11 Å². The second-order valence-electron chi connectivity index (χ2n) is 2.51. The molecule has 5 heteroatoms. The largest absolute Gasteiger partial charge is 0.508 e. The summed E-state index contributed by atoms with van der Waals surface area (Å²) in [5, 5.41) is 8.99. The molecule has 0 aliphatic carbocycles. The predicted octanol–water partition coefficient (Wildman–Crippen LogP) is 1.14. The number of halogens is 1. The summed E-state index contributed by atoms with van der Waals surface area (Å²) in [7, 11) is -3.57. The number of hydrogen-bond acceptors (Lipinski definition) is 3. The lowest BCUT2D eigenvalue weighted by atomic mass is 10.3. The van der Waals surface area contributed by atoms with E-state index >= 15 is 0 Å². The molecule has 72 valence electrons. The van der Waals surface area contributed by atoms with E-state index in [1.165, 1.54) is 18.2 Å². The molecule has 0 saturated carbocycles. The fourth-order valence-electron chi connectivity index (χ4n) is 0.896. The number of phenols is 1. The summed E-state index contributed by atoms with van der Waals surface area (Å²) in [6, 6.07) is 5.19. The normalized spacial score (nSPS) is 11.5. The molecule has 1 aromatic rings. The van der Waals surface area contributed by atoms with Crippen LogP contribution >= 0.6 is 0 Å². The smallest absolute Gasteiger partial charge is 0.181 e. The number of rotatable bonds is 3. The molecule has 0 radical (unpaired) electrons. The van der Waals surface area contributed by atoms with E-state index in [1.807, 2.05) is 0 Å². The number of hydrogen-bond donors (Lipinski definition) is 1. The van der Waals surface area contributed by atoms with Crippen molar-refractivity contribution in [3.63, 3.8) is 0 Å². The molecule has 1 rings (SSSR count). The Hall–Kier alpha value is -1.10. The quantitative estimate of drug-likeness (QED) is 0.803. The van der Waals surface area contributed by atoms with Gasteiger partial charge in [0.2, 0.25) is 0 Å². The molecule has 0 aliphatic heterocycles. The van der Waals surface area contributed by atoms with Gasteiger partial charge in [-0.3, -0.25) is 0 Å². The van der Waals surface area contributed by atoms with Crippen molar-refractivity contribution in [2.75, 3.05) is 12.4 Å². The van der Waals surface area contributed by atoms with Crippen molar-refractivity contribution < 1.29 is 17.9 Å². The molecule has 13 heavy (non-hydrogen) atoms. The topological polar surface area (TPSA) is 54.4 Å². The fraction of sp³-hybridized carbons (Fsp3) is 0.250. The number of benzene rings is 1. The first kappa shape index (κ1) is 9.98. The van der Waals surface area contributed by atoms with Gasteiger partial charge in [0, 0.05) is 0 Å². The highest BCUT2D eigenvalue weighted by atomic mass is 32.2. The van der Waals surface area contributed by atoms with Crippen molar-refractivity contribution in [2.24, 2.45) is 0 Å². The van der Waals surface area contributed by atoms with Gasteiger partial charge in [0.1, 0.15) is 12.4 Å². The van der Waals surface area contributed by atoms with Crippen molar-refractivity contribution in [3.05, 3.63) is 24.3 Å². The Balaban J connectivity index is 3.08. The van der Waals surface area contributed by atoms with Crippen LogP contribution in [0.25, 0.3) is 0 Å². The van der Waals surface area contributed by atoms with Gasteiger partial charge in [-0.1, -0.05) is 6.07 Å². The lowest BCUT2D eigenvalue weighted by Crippen LogP contribution is -2.07. The van der Waals surface area contributed by atoms with E-state index in [1.54, 1.807) is 0 Å². The molecule has 0 spiro atoms. The van der Waals surface area contributed by atoms with E-state index in [2.05, 4.69) is 0 Å². The minimum atomic E-state index is -3.57. The molecule has 1 aromatic carbocycles. The van der Waals surface area contributed by atoms with Gasteiger partial charge in [0.15, 0.2) is 9.84 Å². The third-order valence-electron chi connectivity index (χ3n) is 1.52. The third-order valence-corrected chi connectivity index (χ3v) is 3.19. The number of phenolic OH excluding ortho intramolecular Hbond substituents is 1. The average Bonchev–Trinajstić information content (AvgIpc) is 2.04. The third kappa shape index (κ3) is 2.42. The van der Waals surface area contributed by atoms with Crippen molar-refractivity contribution in [1.29, 1.82) is 0 Å². The van der Waals surface area contributed by atoms with Crippen LogP contribution in [-0.4, -0.2) is 26.0 Å². The van der Waals surface area contributed by atoms with Gasteiger partial charge in [0.05, 0.1) is 10.6 Å². The monoisotopic (exact) mass is 204 g/mol. The van der Waals surface area contributed by atoms with Gasteiger partial charge in [0.25, 0.3) is 0 Å². The Kier molecular flexibility index (Phi) is 2.87. The zero-order valence-corrected chi connectivity index (χ0v) is 7.59. The summed E-state index contributed by atoms with van der Waals surface area (Å²) in [4.78, 5) is -0.0508. The molecule has 0 saturated heterocycles. The molecule has 0 heterocycles. The Morgan fingerprint density at radius 3 is 2.62 bits per heavy atom. The molecule has 0 unspecified atom stereocenters. The van der Waals surface area contributed by atoms with Crippen LogP contribution in [0.3, 0.4) is 0 Å². The predicted molar refractivity (Wildman–Crippen MR) is 46.1 cm³/mol. The van der Waals surface area contributed by atoms with E-state index in [9.17, 15) is 12.8 Å². The van der Waals surface area contributed by atoms with Crippen LogP contribution < -0.4 is 0 Å². The summed E-state index contributed by atoms with van der Waals surface area (Å²) in [5.74, 6) is -0.684. The maximum Gasteiger partial charge on any atom is 0.181 e. The molecule has 0 aromatic heterocycles. The van der Waals surface area contributed by atoms with Crippen LogP contribution in [0.5, 0.6) is 5.75 Å². The molecule has 0 amide bonds. The molecular formula is C8H9FO3S. The summed E-state index contributed by atoms with van der Waals surface area (Å²) in [5.41, 5.74) is 0. The first-order valence-electron chi connectivity index (χ1n) is 3.64. The van der Waals surface area contributed by atoms with Crippen LogP contribution in [0, 0.1) is 0 Å². The van der Waals surface area contributed by atoms with E-state index in [0.717, 1.165) is 6.07 Å². The molecule has 0 bridgehead atoms. The van der Waals surface area contributed by atoms with Gasteiger partial charge in [-0.2, -0.15) is 0 Å². The van der Waals surface area contributed by atoms with Gasteiger partial charge >= 0.3 is 0 Å². The van der Waals surface area contributed by atoms with Crippen molar-refractivity contribution in [2.45, 2.75) is 4.90 Å².